The fraction of sp³-hybridized carbons (Fsp3) is 0.545. The normalized spacial score (nSPS) is 23.6. The van der Waals surface area contributed by atoms with E-state index in [9.17, 15) is 4.39 Å². The van der Waals surface area contributed by atoms with Crippen LogP contribution in [0.25, 0.3) is 0 Å². The van der Waals surface area contributed by atoms with Crippen LogP contribution >= 0.6 is 24.8 Å². The highest BCUT2D eigenvalue weighted by Gasteiger charge is 2.22. The summed E-state index contributed by atoms with van der Waals surface area (Å²) in [5.41, 5.74) is 0.658. The monoisotopic (exact) mass is 281 g/mol. The third-order valence-electron chi connectivity index (χ3n) is 2.65. The van der Waals surface area contributed by atoms with Crippen molar-refractivity contribution in [1.29, 1.82) is 0 Å². The molecule has 6 heteroatoms. The van der Waals surface area contributed by atoms with Crippen LogP contribution in [0.15, 0.2) is 18.5 Å². The van der Waals surface area contributed by atoms with Crippen molar-refractivity contribution in [2.45, 2.75) is 25.9 Å². The summed E-state index contributed by atoms with van der Waals surface area (Å²) >= 11 is 0. The molecular weight excluding hydrogens is 264 g/mol. The van der Waals surface area contributed by atoms with Crippen molar-refractivity contribution in [3.8, 4) is 0 Å². The number of halogens is 3. The molecule has 1 aromatic rings. The van der Waals surface area contributed by atoms with Gasteiger partial charge in [-0.2, -0.15) is 0 Å². The highest BCUT2D eigenvalue weighted by Crippen LogP contribution is 2.20. The van der Waals surface area contributed by atoms with Crippen LogP contribution in [0.2, 0.25) is 0 Å². The minimum absolute atomic E-state index is 0. The number of rotatable bonds is 1. The Morgan fingerprint density at radius 3 is 2.41 bits per heavy atom. The van der Waals surface area contributed by atoms with Crippen molar-refractivity contribution >= 4 is 30.5 Å². The zero-order chi connectivity index (χ0) is 10.8. The van der Waals surface area contributed by atoms with Gasteiger partial charge in [-0.05, 0) is 19.9 Å². The van der Waals surface area contributed by atoms with Crippen molar-refractivity contribution in [3.63, 3.8) is 0 Å². The minimum atomic E-state index is -0.237. The zero-order valence-corrected chi connectivity index (χ0v) is 11.5. The van der Waals surface area contributed by atoms with Gasteiger partial charge in [0.1, 0.15) is 0 Å². The lowest BCUT2D eigenvalue weighted by Gasteiger charge is -2.37. The van der Waals surface area contributed by atoms with Gasteiger partial charge in [-0.15, -0.1) is 24.8 Å². The quantitative estimate of drug-likeness (QED) is 0.856. The number of hydrogen-bond acceptors (Lipinski definition) is 3. The van der Waals surface area contributed by atoms with E-state index >= 15 is 0 Å². The predicted octanol–water partition coefficient (Wildman–Crippen LogP) is 2.25. The maximum atomic E-state index is 13.5. The lowest BCUT2D eigenvalue weighted by molar-refractivity contribution is 0.403. The predicted molar refractivity (Wildman–Crippen MR) is 73.0 cm³/mol. The molecule has 0 aliphatic carbocycles. The molecule has 2 heterocycles. The van der Waals surface area contributed by atoms with Gasteiger partial charge in [0.15, 0.2) is 5.82 Å². The number of nitrogens with one attached hydrogen (secondary N) is 1. The number of aromatic nitrogens is 1. The van der Waals surface area contributed by atoms with Gasteiger partial charge in [-0.25, -0.2) is 4.39 Å². The molecule has 1 aromatic heterocycles. The first-order chi connectivity index (χ1) is 7.16. The van der Waals surface area contributed by atoms with E-state index in [1.807, 2.05) is 0 Å². The molecule has 2 atom stereocenters. The Morgan fingerprint density at radius 2 is 1.88 bits per heavy atom. The minimum Gasteiger partial charge on any atom is -0.366 e. The van der Waals surface area contributed by atoms with Crippen molar-refractivity contribution in [3.05, 3.63) is 24.3 Å². The van der Waals surface area contributed by atoms with Crippen molar-refractivity contribution in [2.24, 2.45) is 0 Å². The molecule has 0 spiro atoms. The molecule has 1 aliphatic heterocycles. The molecule has 0 bridgehead atoms. The van der Waals surface area contributed by atoms with Crippen LogP contribution in [0.5, 0.6) is 0 Å². The second-order valence-electron chi connectivity index (χ2n) is 4.20. The van der Waals surface area contributed by atoms with E-state index < -0.39 is 0 Å². The SMILES string of the molecule is CC1CN(c2ccncc2F)CC(C)N1.Cl.Cl. The Balaban J connectivity index is 0.00000128. The van der Waals surface area contributed by atoms with E-state index in [0.717, 1.165) is 13.1 Å². The Kier molecular flexibility index (Phi) is 6.75. The van der Waals surface area contributed by atoms with Crippen LogP contribution in [0.3, 0.4) is 0 Å². The second kappa shape index (κ2) is 6.99. The summed E-state index contributed by atoms with van der Waals surface area (Å²) in [6, 6.07) is 2.52. The van der Waals surface area contributed by atoms with E-state index in [2.05, 4.69) is 29.0 Å². The van der Waals surface area contributed by atoms with Crippen LogP contribution in [0.4, 0.5) is 10.1 Å². The number of hydrogen-bond donors (Lipinski definition) is 1. The first kappa shape index (κ1) is 16.4. The summed E-state index contributed by atoms with van der Waals surface area (Å²) in [7, 11) is 0. The molecule has 1 saturated heterocycles. The average molecular weight is 282 g/mol. The Bertz CT molecular complexity index is 341. The summed E-state index contributed by atoms with van der Waals surface area (Å²) in [5.74, 6) is -0.237. The van der Waals surface area contributed by atoms with Crippen LogP contribution in [-0.4, -0.2) is 30.2 Å². The molecule has 1 aliphatic rings. The van der Waals surface area contributed by atoms with E-state index in [-0.39, 0.29) is 30.6 Å². The van der Waals surface area contributed by atoms with Gasteiger partial charge in [0.2, 0.25) is 0 Å². The average Bonchev–Trinajstić information content (AvgIpc) is 2.16. The molecule has 3 nitrogen and oxygen atoms in total. The van der Waals surface area contributed by atoms with Crippen LogP contribution < -0.4 is 10.2 Å². The van der Waals surface area contributed by atoms with E-state index in [0.29, 0.717) is 17.8 Å². The Labute approximate surface area is 114 Å². The standard InChI is InChI=1S/C11H16FN3.2ClH/c1-8-6-15(7-9(2)14-8)11-3-4-13-5-10(11)12;;/h3-5,8-9,14H,6-7H2,1-2H3;2*1H. The van der Waals surface area contributed by atoms with Crippen LogP contribution in [-0.2, 0) is 0 Å². The summed E-state index contributed by atoms with van der Waals surface area (Å²) in [6.45, 7) is 5.90. The fourth-order valence-corrected chi connectivity index (χ4v) is 2.15. The van der Waals surface area contributed by atoms with Gasteiger partial charge in [0, 0.05) is 31.4 Å². The maximum Gasteiger partial charge on any atom is 0.164 e. The second-order valence-corrected chi connectivity index (χ2v) is 4.20. The molecule has 1 fully saturated rings. The lowest BCUT2D eigenvalue weighted by Crippen LogP contribution is -2.54. The lowest BCUT2D eigenvalue weighted by atomic mass is 10.1. The molecule has 0 radical (unpaired) electrons. The summed E-state index contributed by atoms with van der Waals surface area (Å²) in [4.78, 5) is 5.83. The van der Waals surface area contributed by atoms with Crippen molar-refractivity contribution in [1.82, 2.24) is 10.3 Å². The molecular formula is C11H18Cl2FN3. The first-order valence-electron chi connectivity index (χ1n) is 5.27. The van der Waals surface area contributed by atoms with E-state index in [1.165, 1.54) is 6.20 Å². The van der Waals surface area contributed by atoms with Gasteiger partial charge < -0.3 is 10.2 Å². The summed E-state index contributed by atoms with van der Waals surface area (Å²) in [5, 5.41) is 3.42. The van der Waals surface area contributed by atoms with Gasteiger partial charge in [0.25, 0.3) is 0 Å². The molecule has 2 rings (SSSR count). The highest BCUT2D eigenvalue weighted by atomic mass is 35.5. The topological polar surface area (TPSA) is 28.2 Å². The molecule has 0 amide bonds. The largest absolute Gasteiger partial charge is 0.366 e. The Hall–Kier alpha value is -0.580. The third-order valence-corrected chi connectivity index (χ3v) is 2.65. The maximum absolute atomic E-state index is 13.5. The van der Waals surface area contributed by atoms with Gasteiger partial charge in [0.05, 0.1) is 11.9 Å². The molecule has 17 heavy (non-hydrogen) atoms. The molecule has 0 saturated carbocycles. The van der Waals surface area contributed by atoms with Gasteiger partial charge in [-0.1, -0.05) is 0 Å². The molecule has 0 aromatic carbocycles. The van der Waals surface area contributed by atoms with Crippen LogP contribution in [0, 0.1) is 5.82 Å². The zero-order valence-electron chi connectivity index (χ0n) is 9.89. The Morgan fingerprint density at radius 1 is 1.29 bits per heavy atom. The van der Waals surface area contributed by atoms with Crippen molar-refractivity contribution < 1.29 is 4.39 Å². The van der Waals surface area contributed by atoms with Gasteiger partial charge >= 0.3 is 0 Å². The van der Waals surface area contributed by atoms with E-state index in [4.69, 9.17) is 0 Å². The summed E-state index contributed by atoms with van der Waals surface area (Å²) < 4.78 is 13.5. The van der Waals surface area contributed by atoms with Gasteiger partial charge in [-0.3, -0.25) is 4.98 Å². The third kappa shape index (κ3) is 3.98. The van der Waals surface area contributed by atoms with E-state index in [1.54, 1.807) is 12.3 Å². The first-order valence-corrected chi connectivity index (χ1v) is 5.27. The number of pyridine rings is 1. The number of anilines is 1. The number of nitrogens with zero attached hydrogens (tertiary/aromatic N) is 2. The van der Waals surface area contributed by atoms with Crippen molar-refractivity contribution in [2.75, 3.05) is 18.0 Å². The fourth-order valence-electron chi connectivity index (χ4n) is 2.15. The summed E-state index contributed by atoms with van der Waals surface area (Å²) in [6.07, 6.45) is 2.91. The highest BCUT2D eigenvalue weighted by molar-refractivity contribution is 5.85. The van der Waals surface area contributed by atoms with Crippen LogP contribution in [0.1, 0.15) is 13.8 Å². The molecule has 98 valence electrons. The smallest absolute Gasteiger partial charge is 0.164 e. The molecule has 1 N–H and O–H groups in total. The molecule has 2 unspecified atom stereocenters. The number of piperazine rings is 1.